The molecule has 0 radical (unpaired) electrons. The van der Waals surface area contributed by atoms with Crippen LogP contribution in [0.2, 0.25) is 0 Å². The third kappa shape index (κ3) is 2.99. The monoisotopic (exact) mass is 369 g/mol. The molecule has 2 heterocycles. The molecular weight excluding hydrogens is 350 g/mol. The molecule has 21 heavy (non-hydrogen) atoms. The van der Waals surface area contributed by atoms with Gasteiger partial charge in [-0.15, -0.1) is 11.6 Å². The van der Waals surface area contributed by atoms with Crippen LogP contribution in [0.25, 0.3) is 11.0 Å². The zero-order chi connectivity index (χ0) is 15.0. The van der Waals surface area contributed by atoms with Crippen molar-refractivity contribution in [2.75, 3.05) is 13.1 Å². The van der Waals surface area contributed by atoms with Crippen molar-refractivity contribution in [1.82, 2.24) is 14.5 Å². The first-order valence-electron chi connectivity index (χ1n) is 7.64. The normalized spacial score (nSPS) is 21.2. The first kappa shape index (κ1) is 15.3. The lowest BCUT2D eigenvalue weighted by atomic mass is 10.2. The molecule has 2 atom stereocenters. The number of likely N-dealkylation sites (N-methyl/N-ethyl adjacent to an activating group) is 1. The second-order valence-corrected chi connectivity index (χ2v) is 7.32. The van der Waals surface area contributed by atoms with E-state index in [1.807, 2.05) is 13.0 Å². The van der Waals surface area contributed by atoms with Gasteiger partial charge < -0.3 is 4.57 Å². The lowest BCUT2D eigenvalue weighted by Crippen LogP contribution is -2.33. The highest BCUT2D eigenvalue weighted by Crippen LogP contribution is 2.29. The lowest BCUT2D eigenvalue weighted by Gasteiger charge is -2.24. The maximum absolute atomic E-state index is 6.37. The van der Waals surface area contributed by atoms with Gasteiger partial charge in [-0.25, -0.2) is 4.98 Å². The van der Waals surface area contributed by atoms with E-state index in [1.54, 1.807) is 0 Å². The van der Waals surface area contributed by atoms with Crippen LogP contribution in [0.4, 0.5) is 0 Å². The Kier molecular flexibility index (Phi) is 4.57. The van der Waals surface area contributed by atoms with Gasteiger partial charge in [-0.05, 0) is 51.1 Å². The molecule has 5 heteroatoms. The lowest BCUT2D eigenvalue weighted by molar-refractivity contribution is 0.244. The molecule has 0 amide bonds. The van der Waals surface area contributed by atoms with Gasteiger partial charge in [0.05, 0.1) is 16.4 Å². The molecule has 1 aliphatic heterocycles. The second-order valence-electron chi connectivity index (χ2n) is 5.75. The first-order valence-corrected chi connectivity index (χ1v) is 8.87. The number of nitrogens with zero attached hydrogens (tertiary/aromatic N) is 3. The molecule has 2 aromatic rings. The van der Waals surface area contributed by atoms with Crippen molar-refractivity contribution in [3.63, 3.8) is 0 Å². The van der Waals surface area contributed by atoms with Crippen molar-refractivity contribution in [2.24, 2.45) is 0 Å². The van der Waals surface area contributed by atoms with Gasteiger partial charge in [0, 0.05) is 17.1 Å². The molecule has 1 fully saturated rings. The number of alkyl halides is 1. The molecule has 0 spiro atoms. The van der Waals surface area contributed by atoms with Gasteiger partial charge in [0.1, 0.15) is 5.82 Å². The van der Waals surface area contributed by atoms with Crippen LogP contribution in [-0.4, -0.2) is 33.6 Å². The molecule has 0 bridgehead atoms. The largest absolute Gasteiger partial charge is 0.325 e. The number of likely N-dealkylation sites (tertiary alicyclic amines) is 1. The summed E-state index contributed by atoms with van der Waals surface area (Å²) in [5.74, 6) is 0.979. The third-order valence-electron chi connectivity index (χ3n) is 4.39. The quantitative estimate of drug-likeness (QED) is 0.734. The zero-order valence-electron chi connectivity index (χ0n) is 12.5. The number of halogens is 2. The van der Waals surface area contributed by atoms with E-state index in [4.69, 9.17) is 16.6 Å². The van der Waals surface area contributed by atoms with Crippen LogP contribution in [0.1, 0.15) is 37.9 Å². The standard InChI is InChI=1S/C16H21BrClN3/c1-3-20-8-4-5-13(20)10-21-15-9-12(17)6-7-14(15)19-16(21)11(2)18/h6-7,9,11,13H,3-5,8,10H2,1-2H3. The van der Waals surface area contributed by atoms with Crippen LogP contribution in [0.5, 0.6) is 0 Å². The van der Waals surface area contributed by atoms with E-state index in [2.05, 4.69) is 44.5 Å². The van der Waals surface area contributed by atoms with Crippen LogP contribution < -0.4 is 0 Å². The van der Waals surface area contributed by atoms with E-state index in [0.29, 0.717) is 6.04 Å². The van der Waals surface area contributed by atoms with Gasteiger partial charge in [-0.2, -0.15) is 0 Å². The Bertz CT molecular complexity index is 638. The maximum atomic E-state index is 6.37. The smallest absolute Gasteiger partial charge is 0.127 e. The van der Waals surface area contributed by atoms with Gasteiger partial charge in [-0.1, -0.05) is 22.9 Å². The highest BCUT2D eigenvalue weighted by atomic mass is 79.9. The number of hydrogen-bond acceptors (Lipinski definition) is 2. The molecule has 1 aliphatic rings. The SMILES string of the molecule is CCN1CCCC1Cn1c(C(C)Cl)nc2ccc(Br)cc21. The summed E-state index contributed by atoms with van der Waals surface area (Å²) in [4.78, 5) is 7.30. The van der Waals surface area contributed by atoms with Crippen LogP contribution >= 0.6 is 27.5 Å². The van der Waals surface area contributed by atoms with Crippen molar-refractivity contribution >= 4 is 38.6 Å². The first-order chi connectivity index (χ1) is 10.1. The van der Waals surface area contributed by atoms with E-state index in [1.165, 1.54) is 24.9 Å². The van der Waals surface area contributed by atoms with Crippen LogP contribution in [-0.2, 0) is 6.54 Å². The average Bonchev–Trinajstić information content (AvgIpc) is 3.04. The topological polar surface area (TPSA) is 21.1 Å². The number of imidazole rings is 1. The highest BCUT2D eigenvalue weighted by Gasteiger charge is 2.25. The number of fused-ring (bicyclic) bond motifs is 1. The van der Waals surface area contributed by atoms with Crippen LogP contribution in [0.3, 0.4) is 0 Å². The summed E-state index contributed by atoms with van der Waals surface area (Å²) in [6.45, 7) is 7.55. The fourth-order valence-electron chi connectivity index (χ4n) is 3.34. The summed E-state index contributed by atoms with van der Waals surface area (Å²) < 4.78 is 3.40. The van der Waals surface area contributed by atoms with Gasteiger partial charge in [0.25, 0.3) is 0 Å². The van der Waals surface area contributed by atoms with E-state index < -0.39 is 0 Å². The zero-order valence-corrected chi connectivity index (χ0v) is 14.9. The molecule has 1 aromatic heterocycles. The van der Waals surface area contributed by atoms with Gasteiger partial charge in [0.2, 0.25) is 0 Å². The van der Waals surface area contributed by atoms with Crippen molar-refractivity contribution in [1.29, 1.82) is 0 Å². The van der Waals surface area contributed by atoms with Crippen molar-refractivity contribution in [3.05, 3.63) is 28.5 Å². The minimum atomic E-state index is -0.0762. The molecule has 1 saturated heterocycles. The second kappa shape index (κ2) is 6.27. The summed E-state index contributed by atoms with van der Waals surface area (Å²) in [6.07, 6.45) is 2.55. The Morgan fingerprint density at radius 2 is 2.29 bits per heavy atom. The third-order valence-corrected chi connectivity index (χ3v) is 5.08. The molecule has 114 valence electrons. The summed E-state index contributed by atoms with van der Waals surface area (Å²) in [6, 6.07) is 6.85. The summed E-state index contributed by atoms with van der Waals surface area (Å²) >= 11 is 9.93. The molecule has 3 rings (SSSR count). The van der Waals surface area contributed by atoms with Crippen LogP contribution in [0, 0.1) is 0 Å². The highest BCUT2D eigenvalue weighted by molar-refractivity contribution is 9.10. The van der Waals surface area contributed by atoms with Crippen molar-refractivity contribution < 1.29 is 0 Å². The molecule has 0 saturated carbocycles. The van der Waals surface area contributed by atoms with Gasteiger partial charge in [0.15, 0.2) is 0 Å². The molecule has 0 aliphatic carbocycles. The molecule has 2 unspecified atom stereocenters. The summed E-state index contributed by atoms with van der Waals surface area (Å²) in [7, 11) is 0. The molecule has 0 N–H and O–H groups in total. The maximum Gasteiger partial charge on any atom is 0.127 e. The van der Waals surface area contributed by atoms with Gasteiger partial charge >= 0.3 is 0 Å². The van der Waals surface area contributed by atoms with Crippen molar-refractivity contribution in [3.8, 4) is 0 Å². The number of benzene rings is 1. The predicted molar refractivity (Wildman–Crippen MR) is 92.0 cm³/mol. The Morgan fingerprint density at radius 3 is 3.00 bits per heavy atom. The Labute approximate surface area is 139 Å². The minimum Gasteiger partial charge on any atom is -0.325 e. The number of hydrogen-bond donors (Lipinski definition) is 0. The van der Waals surface area contributed by atoms with E-state index in [-0.39, 0.29) is 5.38 Å². The predicted octanol–water partition coefficient (Wildman–Crippen LogP) is 4.58. The van der Waals surface area contributed by atoms with Crippen molar-refractivity contribution in [2.45, 2.75) is 44.7 Å². The molecule has 3 nitrogen and oxygen atoms in total. The van der Waals surface area contributed by atoms with E-state index >= 15 is 0 Å². The van der Waals surface area contributed by atoms with E-state index in [9.17, 15) is 0 Å². The molecular formula is C16H21BrClN3. The Hall–Kier alpha value is -0.580. The number of aromatic nitrogens is 2. The average molecular weight is 371 g/mol. The summed E-state index contributed by atoms with van der Waals surface area (Å²) in [5, 5.41) is -0.0762. The van der Waals surface area contributed by atoms with Gasteiger partial charge in [-0.3, -0.25) is 4.90 Å². The number of rotatable bonds is 4. The fraction of sp³-hybridized carbons (Fsp3) is 0.562. The van der Waals surface area contributed by atoms with E-state index in [0.717, 1.165) is 28.9 Å². The fourth-order valence-corrected chi connectivity index (χ4v) is 3.85. The minimum absolute atomic E-state index is 0.0762. The Balaban J connectivity index is 2.02. The van der Waals surface area contributed by atoms with Crippen LogP contribution in [0.15, 0.2) is 22.7 Å². The summed E-state index contributed by atoms with van der Waals surface area (Å²) in [5.41, 5.74) is 2.21. The Morgan fingerprint density at radius 1 is 1.48 bits per heavy atom. The molecule has 1 aromatic carbocycles.